The van der Waals surface area contributed by atoms with E-state index in [0.717, 1.165) is 19.3 Å². The molecule has 0 bridgehead atoms. The number of carbonyl (C=O) groups excluding carboxylic acids is 1. The van der Waals surface area contributed by atoms with Crippen LogP contribution < -0.4 is 5.56 Å². The van der Waals surface area contributed by atoms with Gasteiger partial charge in [-0.25, -0.2) is 4.98 Å². The van der Waals surface area contributed by atoms with Crippen molar-refractivity contribution in [1.82, 2.24) is 14.9 Å². The van der Waals surface area contributed by atoms with Crippen LogP contribution in [0.2, 0.25) is 0 Å². The third-order valence-electron chi connectivity index (χ3n) is 4.65. The van der Waals surface area contributed by atoms with Crippen molar-refractivity contribution in [1.29, 1.82) is 0 Å². The van der Waals surface area contributed by atoms with E-state index in [4.69, 9.17) is 0 Å². The molecule has 1 N–H and O–H groups in total. The van der Waals surface area contributed by atoms with Gasteiger partial charge in [-0.2, -0.15) is 0 Å². The maximum atomic E-state index is 12.6. The standard InChI is InChI=1S/C19H19N3O2/c23-18-16(12-20-17(21-18)15-6-7-15)19(24)22-10-8-14(9-11-22)13-4-2-1-3-5-13/h1-5,8,12,15H,6-7,9-11H2,(H,20,21,23). The molecule has 1 aromatic heterocycles. The average molecular weight is 321 g/mol. The molecule has 2 aliphatic rings. The van der Waals surface area contributed by atoms with Gasteiger partial charge in [0.25, 0.3) is 11.5 Å². The van der Waals surface area contributed by atoms with Gasteiger partial charge in [-0.1, -0.05) is 36.4 Å². The summed E-state index contributed by atoms with van der Waals surface area (Å²) in [5.74, 6) is 0.837. The Hall–Kier alpha value is -2.69. The van der Waals surface area contributed by atoms with Gasteiger partial charge < -0.3 is 9.88 Å². The van der Waals surface area contributed by atoms with Gasteiger partial charge in [0, 0.05) is 25.2 Å². The third kappa shape index (κ3) is 2.89. The maximum absolute atomic E-state index is 12.6. The smallest absolute Gasteiger partial charge is 0.263 e. The summed E-state index contributed by atoms with van der Waals surface area (Å²) in [7, 11) is 0. The topological polar surface area (TPSA) is 66.1 Å². The first-order valence-electron chi connectivity index (χ1n) is 8.35. The van der Waals surface area contributed by atoms with Gasteiger partial charge in [-0.15, -0.1) is 0 Å². The Morgan fingerprint density at radius 1 is 1.21 bits per heavy atom. The molecule has 0 saturated heterocycles. The number of hydrogen-bond donors (Lipinski definition) is 1. The van der Waals surface area contributed by atoms with Gasteiger partial charge in [0.05, 0.1) is 0 Å². The van der Waals surface area contributed by atoms with Crippen molar-refractivity contribution < 1.29 is 4.79 Å². The summed E-state index contributed by atoms with van der Waals surface area (Å²) in [6, 6.07) is 10.2. The molecule has 4 rings (SSSR count). The number of amides is 1. The largest absolute Gasteiger partial charge is 0.334 e. The molecule has 5 nitrogen and oxygen atoms in total. The summed E-state index contributed by atoms with van der Waals surface area (Å²) >= 11 is 0. The molecule has 5 heteroatoms. The molecule has 1 aliphatic heterocycles. The first-order valence-corrected chi connectivity index (χ1v) is 8.35. The van der Waals surface area contributed by atoms with E-state index in [-0.39, 0.29) is 17.0 Å². The SMILES string of the molecule is O=C(c1cnc(C2CC2)[nH]c1=O)N1CC=C(c2ccccc2)CC1. The minimum Gasteiger partial charge on any atom is -0.334 e. The first kappa shape index (κ1) is 14.9. The lowest BCUT2D eigenvalue weighted by Crippen LogP contribution is -2.38. The number of H-pyrrole nitrogens is 1. The van der Waals surface area contributed by atoms with Crippen molar-refractivity contribution in [2.45, 2.75) is 25.2 Å². The summed E-state index contributed by atoms with van der Waals surface area (Å²) in [6.45, 7) is 1.14. The zero-order valence-electron chi connectivity index (χ0n) is 13.4. The molecule has 1 saturated carbocycles. The van der Waals surface area contributed by atoms with Gasteiger partial charge in [0.2, 0.25) is 0 Å². The van der Waals surface area contributed by atoms with E-state index in [1.165, 1.54) is 17.3 Å². The Bertz CT molecular complexity index is 850. The van der Waals surface area contributed by atoms with Crippen LogP contribution >= 0.6 is 0 Å². The predicted molar refractivity (Wildman–Crippen MR) is 91.8 cm³/mol. The molecule has 2 heterocycles. The summed E-state index contributed by atoms with van der Waals surface area (Å²) in [6.07, 6.45) is 6.42. The van der Waals surface area contributed by atoms with Gasteiger partial charge in [0.15, 0.2) is 0 Å². The normalized spacial score (nSPS) is 17.5. The van der Waals surface area contributed by atoms with Gasteiger partial charge in [-0.05, 0) is 30.4 Å². The van der Waals surface area contributed by atoms with Gasteiger partial charge >= 0.3 is 0 Å². The highest BCUT2D eigenvalue weighted by atomic mass is 16.2. The van der Waals surface area contributed by atoms with Crippen molar-refractivity contribution in [3.05, 3.63) is 69.9 Å². The Balaban J connectivity index is 1.50. The predicted octanol–water partition coefficient (Wildman–Crippen LogP) is 2.58. The summed E-state index contributed by atoms with van der Waals surface area (Å²) in [4.78, 5) is 33.5. The minimum atomic E-state index is -0.324. The fourth-order valence-electron chi connectivity index (χ4n) is 3.06. The van der Waals surface area contributed by atoms with Crippen LogP contribution in [0.1, 0.15) is 46.9 Å². The van der Waals surface area contributed by atoms with Crippen molar-refractivity contribution in [2.24, 2.45) is 0 Å². The van der Waals surface area contributed by atoms with Gasteiger partial charge in [-0.3, -0.25) is 9.59 Å². The maximum Gasteiger partial charge on any atom is 0.263 e. The van der Waals surface area contributed by atoms with Crippen LogP contribution in [0.4, 0.5) is 0 Å². The number of benzene rings is 1. The molecule has 0 atom stereocenters. The van der Waals surface area contributed by atoms with Crippen LogP contribution in [0.5, 0.6) is 0 Å². The summed E-state index contributed by atoms with van der Waals surface area (Å²) < 4.78 is 0. The number of hydrogen-bond acceptors (Lipinski definition) is 3. The average Bonchev–Trinajstić information content (AvgIpc) is 3.47. The molecule has 1 aliphatic carbocycles. The van der Waals surface area contributed by atoms with E-state index in [2.05, 4.69) is 28.2 Å². The molecular weight excluding hydrogens is 302 g/mol. The number of aromatic nitrogens is 2. The lowest BCUT2D eigenvalue weighted by Gasteiger charge is -2.26. The third-order valence-corrected chi connectivity index (χ3v) is 4.65. The quantitative estimate of drug-likeness (QED) is 0.945. The second kappa shape index (κ2) is 6.07. The summed E-state index contributed by atoms with van der Waals surface area (Å²) in [5.41, 5.74) is 2.25. The van der Waals surface area contributed by atoms with Crippen molar-refractivity contribution in [3.8, 4) is 0 Å². The molecule has 122 valence electrons. The van der Waals surface area contributed by atoms with E-state index >= 15 is 0 Å². The highest BCUT2D eigenvalue weighted by Gasteiger charge is 2.28. The van der Waals surface area contributed by atoms with Crippen molar-refractivity contribution in [2.75, 3.05) is 13.1 Å². The van der Waals surface area contributed by atoms with E-state index < -0.39 is 0 Å². The Kier molecular flexibility index (Phi) is 3.76. The molecule has 0 radical (unpaired) electrons. The molecule has 2 aromatic rings. The zero-order valence-corrected chi connectivity index (χ0v) is 13.4. The monoisotopic (exact) mass is 321 g/mol. The van der Waals surface area contributed by atoms with Crippen LogP contribution in [0.3, 0.4) is 0 Å². The summed E-state index contributed by atoms with van der Waals surface area (Å²) in [5, 5.41) is 0. The van der Waals surface area contributed by atoms with E-state index in [1.54, 1.807) is 4.90 Å². The number of rotatable bonds is 3. The Morgan fingerprint density at radius 3 is 2.62 bits per heavy atom. The minimum absolute atomic E-state index is 0.135. The van der Waals surface area contributed by atoms with Crippen LogP contribution in [-0.2, 0) is 0 Å². The van der Waals surface area contributed by atoms with Crippen molar-refractivity contribution >= 4 is 11.5 Å². The highest BCUT2D eigenvalue weighted by Crippen LogP contribution is 2.37. The van der Waals surface area contributed by atoms with Crippen LogP contribution in [0.25, 0.3) is 5.57 Å². The fourth-order valence-corrected chi connectivity index (χ4v) is 3.06. The zero-order chi connectivity index (χ0) is 16.5. The second-order valence-electron chi connectivity index (χ2n) is 6.38. The Labute approximate surface area is 140 Å². The lowest BCUT2D eigenvalue weighted by molar-refractivity contribution is 0.0770. The van der Waals surface area contributed by atoms with Gasteiger partial charge in [0.1, 0.15) is 11.4 Å². The molecule has 0 spiro atoms. The molecule has 1 amide bonds. The first-order chi connectivity index (χ1) is 11.7. The van der Waals surface area contributed by atoms with E-state index in [0.29, 0.717) is 24.8 Å². The molecule has 1 aromatic carbocycles. The number of nitrogens with one attached hydrogen (secondary N) is 1. The van der Waals surface area contributed by atoms with Crippen LogP contribution in [0.15, 0.2) is 47.4 Å². The number of carbonyl (C=O) groups is 1. The molecule has 24 heavy (non-hydrogen) atoms. The van der Waals surface area contributed by atoms with Crippen LogP contribution in [-0.4, -0.2) is 33.9 Å². The Morgan fingerprint density at radius 2 is 2.00 bits per heavy atom. The number of aromatic amines is 1. The lowest BCUT2D eigenvalue weighted by atomic mass is 9.99. The molecule has 0 unspecified atom stereocenters. The second-order valence-corrected chi connectivity index (χ2v) is 6.38. The molecular formula is C19H19N3O2. The van der Waals surface area contributed by atoms with E-state index in [9.17, 15) is 9.59 Å². The van der Waals surface area contributed by atoms with Crippen molar-refractivity contribution in [3.63, 3.8) is 0 Å². The van der Waals surface area contributed by atoms with Crippen LogP contribution in [0, 0.1) is 0 Å². The fraction of sp³-hybridized carbons (Fsp3) is 0.316. The molecule has 1 fully saturated rings. The highest BCUT2D eigenvalue weighted by molar-refractivity contribution is 5.94. The van der Waals surface area contributed by atoms with E-state index in [1.807, 2.05) is 18.2 Å². The number of nitrogens with zero attached hydrogens (tertiary/aromatic N) is 2.